The van der Waals surface area contributed by atoms with Gasteiger partial charge in [0.1, 0.15) is 5.65 Å². The zero-order chi connectivity index (χ0) is 22.0. The molecule has 4 aromatic rings. The van der Waals surface area contributed by atoms with Crippen molar-refractivity contribution >= 4 is 11.6 Å². The Morgan fingerprint density at radius 2 is 1.77 bits per heavy atom. The molecule has 0 unspecified atom stereocenters. The van der Waals surface area contributed by atoms with Crippen LogP contribution >= 0.6 is 0 Å². The van der Waals surface area contributed by atoms with Crippen LogP contribution in [0.15, 0.2) is 66.9 Å². The number of fused-ring (bicyclic) bond motifs is 1. The summed E-state index contributed by atoms with van der Waals surface area (Å²) in [6.45, 7) is 8.22. The second-order valence-corrected chi connectivity index (χ2v) is 8.46. The summed E-state index contributed by atoms with van der Waals surface area (Å²) in [5, 5.41) is 2.99. The van der Waals surface area contributed by atoms with Crippen LogP contribution in [0.2, 0.25) is 0 Å². The maximum absolute atomic E-state index is 12.4. The Hall–Kier alpha value is -3.40. The van der Waals surface area contributed by atoms with E-state index in [1.807, 2.05) is 32.0 Å². The lowest BCUT2D eigenvalue weighted by Gasteiger charge is -2.11. The molecule has 0 aliphatic heterocycles. The van der Waals surface area contributed by atoms with E-state index < -0.39 is 0 Å². The molecule has 0 fully saturated rings. The standard InChI is InChI=1S/C27H29N3O/c1-18(2)28-26(31)15-13-24-27(21-8-6-5-7-9-21)29-25-14-12-22(17-30(24)25)23-16-19(3)10-11-20(23)4/h5-12,14,16-18H,13,15H2,1-4H3,(H,28,31). The normalized spacial score (nSPS) is 11.3. The molecule has 4 nitrogen and oxygen atoms in total. The van der Waals surface area contributed by atoms with Crippen molar-refractivity contribution in [3.63, 3.8) is 0 Å². The van der Waals surface area contributed by atoms with Gasteiger partial charge in [0.05, 0.1) is 11.4 Å². The van der Waals surface area contributed by atoms with E-state index in [2.05, 4.69) is 72.2 Å². The molecule has 1 N–H and O–H groups in total. The molecule has 0 saturated carbocycles. The largest absolute Gasteiger partial charge is 0.354 e. The first-order valence-electron chi connectivity index (χ1n) is 10.9. The van der Waals surface area contributed by atoms with Crippen molar-refractivity contribution in [2.24, 2.45) is 0 Å². The maximum Gasteiger partial charge on any atom is 0.220 e. The van der Waals surface area contributed by atoms with E-state index in [1.165, 1.54) is 16.7 Å². The lowest BCUT2D eigenvalue weighted by Crippen LogP contribution is -2.30. The number of hydrogen-bond donors (Lipinski definition) is 1. The van der Waals surface area contributed by atoms with Gasteiger partial charge in [0.2, 0.25) is 5.91 Å². The highest BCUT2D eigenvalue weighted by atomic mass is 16.1. The van der Waals surface area contributed by atoms with Gasteiger partial charge in [0.25, 0.3) is 0 Å². The first kappa shape index (κ1) is 20.9. The zero-order valence-electron chi connectivity index (χ0n) is 18.6. The van der Waals surface area contributed by atoms with Crippen LogP contribution in [0.25, 0.3) is 28.0 Å². The van der Waals surface area contributed by atoms with Crippen molar-refractivity contribution in [1.29, 1.82) is 0 Å². The SMILES string of the molecule is Cc1ccc(C)c(-c2ccc3nc(-c4ccccc4)c(CCC(=O)NC(C)C)n3c2)c1. The van der Waals surface area contributed by atoms with Gasteiger partial charge in [-0.05, 0) is 62.9 Å². The molecular weight excluding hydrogens is 382 g/mol. The average molecular weight is 412 g/mol. The molecule has 0 saturated heterocycles. The van der Waals surface area contributed by atoms with Crippen LogP contribution in [0, 0.1) is 13.8 Å². The number of aryl methyl sites for hydroxylation is 3. The molecule has 4 rings (SSSR count). The molecule has 2 aromatic heterocycles. The van der Waals surface area contributed by atoms with Gasteiger partial charge in [-0.1, -0.05) is 54.1 Å². The molecule has 1 amide bonds. The van der Waals surface area contributed by atoms with Crippen molar-refractivity contribution in [1.82, 2.24) is 14.7 Å². The van der Waals surface area contributed by atoms with Crippen molar-refractivity contribution in [3.05, 3.63) is 83.7 Å². The molecule has 31 heavy (non-hydrogen) atoms. The second kappa shape index (κ2) is 8.76. The summed E-state index contributed by atoms with van der Waals surface area (Å²) in [4.78, 5) is 17.3. The fraction of sp³-hybridized carbons (Fsp3) is 0.259. The molecule has 0 atom stereocenters. The highest BCUT2D eigenvalue weighted by molar-refractivity contribution is 5.77. The van der Waals surface area contributed by atoms with Gasteiger partial charge < -0.3 is 9.72 Å². The highest BCUT2D eigenvalue weighted by Gasteiger charge is 2.16. The zero-order valence-corrected chi connectivity index (χ0v) is 18.6. The van der Waals surface area contributed by atoms with E-state index in [0.717, 1.165) is 28.2 Å². The van der Waals surface area contributed by atoms with Crippen LogP contribution < -0.4 is 5.32 Å². The number of imidazole rings is 1. The number of aromatic nitrogens is 2. The number of nitrogens with one attached hydrogen (secondary N) is 1. The van der Waals surface area contributed by atoms with E-state index in [9.17, 15) is 4.79 Å². The lowest BCUT2D eigenvalue weighted by molar-refractivity contribution is -0.121. The number of nitrogens with zero attached hydrogens (tertiary/aromatic N) is 2. The molecule has 2 heterocycles. The van der Waals surface area contributed by atoms with Crippen LogP contribution in [0.3, 0.4) is 0 Å². The second-order valence-electron chi connectivity index (χ2n) is 8.46. The molecule has 0 aliphatic rings. The first-order valence-corrected chi connectivity index (χ1v) is 10.9. The Labute approximate surface area is 184 Å². The monoisotopic (exact) mass is 411 g/mol. The summed E-state index contributed by atoms with van der Waals surface area (Å²) in [5.41, 5.74) is 8.82. The van der Waals surface area contributed by atoms with Gasteiger partial charge >= 0.3 is 0 Å². The Kier molecular flexibility index (Phi) is 5.90. The fourth-order valence-electron chi connectivity index (χ4n) is 3.99. The van der Waals surface area contributed by atoms with Gasteiger partial charge in [-0.2, -0.15) is 0 Å². The molecule has 0 aliphatic carbocycles. The molecule has 4 heteroatoms. The minimum Gasteiger partial charge on any atom is -0.354 e. The van der Waals surface area contributed by atoms with E-state index in [0.29, 0.717) is 12.8 Å². The molecular formula is C27H29N3O. The predicted octanol–water partition coefficient (Wildman–Crippen LogP) is 5.74. The summed E-state index contributed by atoms with van der Waals surface area (Å²) in [6, 6.07) is 21.1. The van der Waals surface area contributed by atoms with Crippen LogP contribution in [0.1, 0.15) is 37.1 Å². The van der Waals surface area contributed by atoms with Crippen LogP contribution in [-0.2, 0) is 11.2 Å². The molecule has 158 valence electrons. The van der Waals surface area contributed by atoms with Crippen LogP contribution in [0.5, 0.6) is 0 Å². The van der Waals surface area contributed by atoms with Crippen molar-refractivity contribution in [2.75, 3.05) is 0 Å². The third-order valence-corrected chi connectivity index (χ3v) is 5.51. The molecule has 0 radical (unpaired) electrons. The quantitative estimate of drug-likeness (QED) is 0.440. The van der Waals surface area contributed by atoms with Crippen LogP contribution in [-0.4, -0.2) is 21.3 Å². The minimum absolute atomic E-state index is 0.0645. The van der Waals surface area contributed by atoms with Gasteiger partial charge in [0, 0.05) is 24.2 Å². The van der Waals surface area contributed by atoms with E-state index in [-0.39, 0.29) is 11.9 Å². The lowest BCUT2D eigenvalue weighted by atomic mass is 10.00. The molecule has 0 spiro atoms. The van der Waals surface area contributed by atoms with E-state index in [4.69, 9.17) is 4.98 Å². The number of carbonyl (C=O) groups excluding carboxylic acids is 1. The summed E-state index contributed by atoms with van der Waals surface area (Å²) in [6.07, 6.45) is 3.21. The Bertz CT molecular complexity index is 1220. The maximum atomic E-state index is 12.4. The Balaban J connectivity index is 1.81. The predicted molar refractivity (Wildman–Crippen MR) is 127 cm³/mol. The molecule has 2 aromatic carbocycles. The van der Waals surface area contributed by atoms with Crippen molar-refractivity contribution in [3.8, 4) is 22.4 Å². The summed E-state index contributed by atoms with van der Waals surface area (Å²) >= 11 is 0. The summed E-state index contributed by atoms with van der Waals surface area (Å²) in [7, 11) is 0. The highest BCUT2D eigenvalue weighted by Crippen LogP contribution is 2.29. The number of amides is 1. The van der Waals surface area contributed by atoms with Gasteiger partial charge in [-0.3, -0.25) is 4.79 Å². The number of rotatable bonds is 6. The number of carbonyl (C=O) groups is 1. The third kappa shape index (κ3) is 4.53. The summed E-state index contributed by atoms with van der Waals surface area (Å²) in [5.74, 6) is 0.0645. The van der Waals surface area contributed by atoms with Gasteiger partial charge in [-0.15, -0.1) is 0 Å². The van der Waals surface area contributed by atoms with Crippen molar-refractivity contribution < 1.29 is 4.79 Å². The number of pyridine rings is 1. The first-order chi connectivity index (χ1) is 14.9. The van der Waals surface area contributed by atoms with Gasteiger partial charge in [0.15, 0.2) is 0 Å². The van der Waals surface area contributed by atoms with E-state index in [1.54, 1.807) is 0 Å². The van der Waals surface area contributed by atoms with E-state index >= 15 is 0 Å². The van der Waals surface area contributed by atoms with Crippen molar-refractivity contribution in [2.45, 2.75) is 46.6 Å². The van der Waals surface area contributed by atoms with Gasteiger partial charge in [-0.25, -0.2) is 4.98 Å². The number of benzene rings is 2. The van der Waals surface area contributed by atoms with Crippen LogP contribution in [0.4, 0.5) is 0 Å². The number of hydrogen-bond acceptors (Lipinski definition) is 2. The minimum atomic E-state index is 0.0645. The summed E-state index contributed by atoms with van der Waals surface area (Å²) < 4.78 is 2.15. The Morgan fingerprint density at radius 3 is 2.52 bits per heavy atom. The smallest absolute Gasteiger partial charge is 0.220 e. The fourth-order valence-corrected chi connectivity index (χ4v) is 3.99. The topological polar surface area (TPSA) is 46.4 Å². The average Bonchev–Trinajstić information content (AvgIpc) is 3.12. The molecule has 0 bridgehead atoms. The Morgan fingerprint density at radius 1 is 1.00 bits per heavy atom. The third-order valence-electron chi connectivity index (χ3n) is 5.51.